The highest BCUT2D eigenvalue weighted by Gasteiger charge is 2.13. The van der Waals surface area contributed by atoms with Crippen molar-refractivity contribution in [3.63, 3.8) is 0 Å². The summed E-state index contributed by atoms with van der Waals surface area (Å²) in [5, 5.41) is 12.8. The van der Waals surface area contributed by atoms with Gasteiger partial charge in [0, 0.05) is 0 Å². The van der Waals surface area contributed by atoms with Crippen LogP contribution in [0.1, 0.15) is 39.0 Å². The molecule has 0 fully saturated rings. The van der Waals surface area contributed by atoms with Gasteiger partial charge in [0.05, 0.1) is 17.9 Å². The van der Waals surface area contributed by atoms with Gasteiger partial charge in [-0.3, -0.25) is 0 Å². The summed E-state index contributed by atoms with van der Waals surface area (Å²) in [7, 11) is 0. The molecule has 2 N–H and O–H groups in total. The zero-order valence-electron chi connectivity index (χ0n) is 9.08. The van der Waals surface area contributed by atoms with E-state index in [9.17, 15) is 5.11 Å². The van der Waals surface area contributed by atoms with E-state index < -0.39 is 5.60 Å². The largest absolute Gasteiger partial charge is 0.468 e. The first-order valence-electron chi connectivity index (χ1n) is 4.98. The average Bonchev–Trinajstić information content (AvgIpc) is 2.53. The third-order valence-corrected chi connectivity index (χ3v) is 2.16. The van der Waals surface area contributed by atoms with Crippen LogP contribution in [0.5, 0.6) is 0 Å². The van der Waals surface area contributed by atoms with E-state index in [0.29, 0.717) is 0 Å². The van der Waals surface area contributed by atoms with Crippen molar-refractivity contribution in [2.45, 2.75) is 38.8 Å². The summed E-state index contributed by atoms with van der Waals surface area (Å²) in [5.74, 6) is 0.931. The van der Waals surface area contributed by atoms with Crippen LogP contribution in [0.3, 0.4) is 0 Å². The van der Waals surface area contributed by atoms with E-state index in [-0.39, 0.29) is 6.04 Å². The highest BCUT2D eigenvalue weighted by Crippen LogP contribution is 2.13. The van der Waals surface area contributed by atoms with Crippen molar-refractivity contribution < 1.29 is 9.52 Å². The topological polar surface area (TPSA) is 45.4 Å². The Hall–Kier alpha value is -0.800. The minimum atomic E-state index is -0.601. The maximum absolute atomic E-state index is 9.50. The molecular formula is C11H19NO2. The molecule has 1 aromatic rings. The van der Waals surface area contributed by atoms with E-state index in [2.05, 4.69) is 5.32 Å². The Bertz CT molecular complexity index is 249. The average molecular weight is 197 g/mol. The molecule has 0 aromatic carbocycles. The molecule has 0 radical (unpaired) electrons. The Labute approximate surface area is 85.1 Å². The Balaban J connectivity index is 2.26. The quantitative estimate of drug-likeness (QED) is 0.759. The molecule has 0 saturated heterocycles. The molecule has 0 saturated carbocycles. The van der Waals surface area contributed by atoms with Crippen LogP contribution in [0.2, 0.25) is 0 Å². The SMILES string of the molecule is C[C@H](NCCC(C)(C)O)c1ccco1. The van der Waals surface area contributed by atoms with E-state index in [1.165, 1.54) is 0 Å². The first-order chi connectivity index (χ1) is 6.49. The number of furan rings is 1. The van der Waals surface area contributed by atoms with Gasteiger partial charge >= 0.3 is 0 Å². The van der Waals surface area contributed by atoms with Crippen LogP contribution >= 0.6 is 0 Å². The number of rotatable bonds is 5. The lowest BCUT2D eigenvalue weighted by molar-refractivity contribution is 0.0703. The zero-order chi connectivity index (χ0) is 10.6. The summed E-state index contributed by atoms with van der Waals surface area (Å²) in [6.07, 6.45) is 2.40. The van der Waals surface area contributed by atoms with Gasteiger partial charge in [-0.25, -0.2) is 0 Å². The number of aliphatic hydroxyl groups is 1. The fourth-order valence-electron chi connectivity index (χ4n) is 1.23. The van der Waals surface area contributed by atoms with Gasteiger partial charge in [0.1, 0.15) is 5.76 Å². The molecule has 3 heteroatoms. The fraction of sp³-hybridized carbons (Fsp3) is 0.636. The van der Waals surface area contributed by atoms with E-state index >= 15 is 0 Å². The molecule has 1 rings (SSSR count). The van der Waals surface area contributed by atoms with Gasteiger partial charge in [0.25, 0.3) is 0 Å². The monoisotopic (exact) mass is 197 g/mol. The van der Waals surface area contributed by atoms with Crippen molar-refractivity contribution in [3.05, 3.63) is 24.2 Å². The number of hydrogen-bond acceptors (Lipinski definition) is 3. The molecule has 0 bridgehead atoms. The lowest BCUT2D eigenvalue weighted by Crippen LogP contribution is -2.28. The van der Waals surface area contributed by atoms with Gasteiger partial charge in [-0.05, 0) is 45.9 Å². The van der Waals surface area contributed by atoms with Gasteiger partial charge in [0.2, 0.25) is 0 Å². The second kappa shape index (κ2) is 4.62. The Kier molecular flexibility index (Phi) is 3.72. The zero-order valence-corrected chi connectivity index (χ0v) is 9.08. The predicted molar refractivity (Wildman–Crippen MR) is 56.0 cm³/mol. The highest BCUT2D eigenvalue weighted by molar-refractivity contribution is 5.02. The first-order valence-corrected chi connectivity index (χ1v) is 4.98. The van der Waals surface area contributed by atoms with Gasteiger partial charge in [-0.1, -0.05) is 0 Å². The van der Waals surface area contributed by atoms with Crippen molar-refractivity contribution in [2.24, 2.45) is 0 Å². The first kappa shape index (κ1) is 11.3. The smallest absolute Gasteiger partial charge is 0.120 e. The molecule has 80 valence electrons. The van der Waals surface area contributed by atoms with Crippen molar-refractivity contribution in [1.82, 2.24) is 5.32 Å². The normalized spacial score (nSPS) is 14.3. The molecule has 0 aliphatic heterocycles. The predicted octanol–water partition coefficient (Wildman–Crippen LogP) is 2.09. The molecule has 1 atom stereocenters. The molecular weight excluding hydrogens is 178 g/mol. The second-order valence-corrected chi connectivity index (χ2v) is 4.25. The third-order valence-electron chi connectivity index (χ3n) is 2.16. The maximum Gasteiger partial charge on any atom is 0.120 e. The van der Waals surface area contributed by atoms with Crippen LogP contribution in [0, 0.1) is 0 Å². The van der Waals surface area contributed by atoms with Crippen LogP contribution < -0.4 is 5.32 Å². The molecule has 0 aliphatic carbocycles. The Morgan fingerprint density at radius 3 is 2.79 bits per heavy atom. The molecule has 14 heavy (non-hydrogen) atoms. The fourth-order valence-corrected chi connectivity index (χ4v) is 1.23. The highest BCUT2D eigenvalue weighted by atomic mass is 16.3. The number of nitrogens with one attached hydrogen (secondary N) is 1. The summed E-state index contributed by atoms with van der Waals surface area (Å²) >= 11 is 0. The molecule has 0 amide bonds. The van der Waals surface area contributed by atoms with Crippen LogP contribution in [0.4, 0.5) is 0 Å². The van der Waals surface area contributed by atoms with Gasteiger partial charge < -0.3 is 14.8 Å². The summed E-state index contributed by atoms with van der Waals surface area (Å²) in [5.41, 5.74) is -0.601. The summed E-state index contributed by atoms with van der Waals surface area (Å²) < 4.78 is 5.25. The molecule has 1 heterocycles. The maximum atomic E-state index is 9.50. The summed E-state index contributed by atoms with van der Waals surface area (Å²) in [4.78, 5) is 0. The van der Waals surface area contributed by atoms with E-state index in [0.717, 1.165) is 18.7 Å². The molecule has 0 aliphatic rings. The molecule has 0 unspecified atom stereocenters. The van der Waals surface area contributed by atoms with Crippen LogP contribution in [-0.2, 0) is 0 Å². The van der Waals surface area contributed by atoms with Gasteiger partial charge in [-0.15, -0.1) is 0 Å². The summed E-state index contributed by atoms with van der Waals surface area (Å²) in [6, 6.07) is 4.03. The van der Waals surface area contributed by atoms with Crippen molar-refractivity contribution in [2.75, 3.05) is 6.54 Å². The van der Waals surface area contributed by atoms with Crippen molar-refractivity contribution >= 4 is 0 Å². The van der Waals surface area contributed by atoms with Crippen LogP contribution in [0.25, 0.3) is 0 Å². The number of hydrogen-bond donors (Lipinski definition) is 2. The molecule has 1 aromatic heterocycles. The Morgan fingerprint density at radius 2 is 2.29 bits per heavy atom. The summed E-state index contributed by atoms with van der Waals surface area (Å²) in [6.45, 7) is 6.45. The third kappa shape index (κ3) is 3.94. The second-order valence-electron chi connectivity index (χ2n) is 4.25. The van der Waals surface area contributed by atoms with Crippen molar-refractivity contribution in [3.8, 4) is 0 Å². The van der Waals surface area contributed by atoms with E-state index in [1.807, 2.05) is 32.9 Å². The molecule has 0 spiro atoms. The van der Waals surface area contributed by atoms with Gasteiger partial charge in [0.15, 0.2) is 0 Å². The minimum absolute atomic E-state index is 0.201. The Morgan fingerprint density at radius 1 is 1.57 bits per heavy atom. The van der Waals surface area contributed by atoms with Crippen LogP contribution in [0.15, 0.2) is 22.8 Å². The van der Waals surface area contributed by atoms with E-state index in [1.54, 1.807) is 6.26 Å². The van der Waals surface area contributed by atoms with E-state index in [4.69, 9.17) is 4.42 Å². The standard InChI is InChI=1S/C11H19NO2/c1-9(10-5-4-8-14-10)12-7-6-11(2,3)13/h4-5,8-9,12-13H,6-7H2,1-3H3/t9-/m0/s1. The van der Waals surface area contributed by atoms with Crippen molar-refractivity contribution in [1.29, 1.82) is 0 Å². The van der Waals surface area contributed by atoms with Crippen LogP contribution in [-0.4, -0.2) is 17.3 Å². The molecule has 3 nitrogen and oxygen atoms in total. The minimum Gasteiger partial charge on any atom is -0.468 e. The lowest BCUT2D eigenvalue weighted by Gasteiger charge is -2.18. The van der Waals surface area contributed by atoms with Gasteiger partial charge in [-0.2, -0.15) is 0 Å². The lowest BCUT2D eigenvalue weighted by atomic mass is 10.1.